The number of rotatable bonds is 8. The van der Waals surface area contributed by atoms with Gasteiger partial charge in [0, 0.05) is 22.9 Å². The maximum Gasteiger partial charge on any atom is 0.261 e. The summed E-state index contributed by atoms with van der Waals surface area (Å²) in [5, 5.41) is 3.70. The van der Waals surface area contributed by atoms with E-state index in [2.05, 4.69) is 17.0 Å². The van der Waals surface area contributed by atoms with Crippen LogP contribution in [0.25, 0.3) is 0 Å². The highest BCUT2D eigenvalue weighted by molar-refractivity contribution is 7.92. The zero-order valence-corrected chi connectivity index (χ0v) is 14.6. The highest BCUT2D eigenvalue weighted by atomic mass is 35.5. The Morgan fingerprint density at radius 1 is 1.00 bits per heavy atom. The summed E-state index contributed by atoms with van der Waals surface area (Å²) >= 11 is 5.85. The molecule has 0 atom stereocenters. The lowest BCUT2D eigenvalue weighted by Crippen LogP contribution is -2.12. The van der Waals surface area contributed by atoms with Gasteiger partial charge >= 0.3 is 0 Å². The van der Waals surface area contributed by atoms with Crippen LogP contribution >= 0.6 is 11.6 Å². The van der Waals surface area contributed by atoms with Gasteiger partial charge in [-0.3, -0.25) is 4.72 Å². The summed E-state index contributed by atoms with van der Waals surface area (Å²) in [6.07, 6.45) is 3.51. The van der Waals surface area contributed by atoms with Gasteiger partial charge in [-0.1, -0.05) is 37.4 Å². The quantitative estimate of drug-likeness (QED) is 0.674. The standard InChI is InChI=1S/C17H21ClN2O2S/c1-2-3-4-12-19-15-8-10-16(11-9-15)20-23(21,22)17-7-5-6-14(18)13-17/h5-11,13,19-20H,2-4,12H2,1H3. The van der Waals surface area contributed by atoms with Gasteiger partial charge in [-0.05, 0) is 48.9 Å². The van der Waals surface area contributed by atoms with Crippen LogP contribution in [-0.4, -0.2) is 15.0 Å². The van der Waals surface area contributed by atoms with E-state index in [1.165, 1.54) is 25.0 Å². The lowest BCUT2D eigenvalue weighted by atomic mass is 10.2. The maximum atomic E-state index is 12.3. The minimum Gasteiger partial charge on any atom is -0.385 e. The maximum absolute atomic E-state index is 12.3. The van der Waals surface area contributed by atoms with Gasteiger partial charge in [0.1, 0.15) is 0 Å². The summed E-state index contributed by atoms with van der Waals surface area (Å²) < 4.78 is 27.1. The van der Waals surface area contributed by atoms with Gasteiger partial charge in [0.2, 0.25) is 0 Å². The van der Waals surface area contributed by atoms with Gasteiger partial charge < -0.3 is 5.32 Å². The summed E-state index contributed by atoms with van der Waals surface area (Å²) in [5.41, 5.74) is 1.50. The van der Waals surface area contributed by atoms with Crippen molar-refractivity contribution in [3.63, 3.8) is 0 Å². The molecule has 0 bridgehead atoms. The van der Waals surface area contributed by atoms with Crippen LogP contribution in [0.3, 0.4) is 0 Å². The van der Waals surface area contributed by atoms with E-state index in [1.54, 1.807) is 24.3 Å². The molecule has 23 heavy (non-hydrogen) atoms. The Morgan fingerprint density at radius 3 is 2.35 bits per heavy atom. The average Bonchev–Trinajstić information content (AvgIpc) is 2.53. The van der Waals surface area contributed by atoms with Gasteiger partial charge in [-0.25, -0.2) is 8.42 Å². The number of benzene rings is 2. The molecule has 2 aromatic carbocycles. The number of nitrogens with one attached hydrogen (secondary N) is 2. The second-order valence-corrected chi connectivity index (χ2v) is 7.39. The molecule has 0 saturated carbocycles. The lowest BCUT2D eigenvalue weighted by molar-refractivity contribution is 0.601. The molecule has 0 amide bonds. The summed E-state index contributed by atoms with van der Waals surface area (Å²) in [4.78, 5) is 0.145. The van der Waals surface area contributed by atoms with Crippen LogP contribution in [0.1, 0.15) is 26.2 Å². The van der Waals surface area contributed by atoms with Crippen molar-refractivity contribution in [3.05, 3.63) is 53.6 Å². The minimum atomic E-state index is -3.63. The molecule has 0 aliphatic rings. The molecule has 0 unspecified atom stereocenters. The van der Waals surface area contributed by atoms with Crippen molar-refractivity contribution in [1.29, 1.82) is 0 Å². The van der Waals surface area contributed by atoms with E-state index >= 15 is 0 Å². The molecule has 0 heterocycles. The van der Waals surface area contributed by atoms with Crippen molar-refractivity contribution in [2.75, 3.05) is 16.6 Å². The molecule has 0 aliphatic carbocycles. The van der Waals surface area contributed by atoms with Crippen molar-refractivity contribution in [1.82, 2.24) is 0 Å². The zero-order chi connectivity index (χ0) is 16.7. The van der Waals surface area contributed by atoms with E-state index in [-0.39, 0.29) is 4.90 Å². The van der Waals surface area contributed by atoms with Crippen LogP contribution in [0.15, 0.2) is 53.4 Å². The van der Waals surface area contributed by atoms with Crippen LogP contribution in [0.4, 0.5) is 11.4 Å². The predicted molar refractivity (Wildman–Crippen MR) is 96.7 cm³/mol. The molecular weight excluding hydrogens is 332 g/mol. The molecule has 0 spiro atoms. The van der Waals surface area contributed by atoms with Crippen molar-refractivity contribution < 1.29 is 8.42 Å². The summed E-state index contributed by atoms with van der Waals surface area (Å²) in [6.45, 7) is 3.09. The van der Waals surface area contributed by atoms with E-state index in [9.17, 15) is 8.42 Å². The first-order chi connectivity index (χ1) is 11.0. The number of unbranched alkanes of at least 4 members (excludes halogenated alkanes) is 2. The highest BCUT2D eigenvalue weighted by Gasteiger charge is 2.14. The second-order valence-electron chi connectivity index (χ2n) is 5.27. The third-order valence-electron chi connectivity index (χ3n) is 3.35. The van der Waals surface area contributed by atoms with Crippen molar-refractivity contribution in [3.8, 4) is 0 Å². The third-order valence-corrected chi connectivity index (χ3v) is 4.97. The van der Waals surface area contributed by atoms with Crippen LogP contribution in [0, 0.1) is 0 Å². The first-order valence-corrected chi connectivity index (χ1v) is 9.50. The van der Waals surface area contributed by atoms with E-state index < -0.39 is 10.0 Å². The van der Waals surface area contributed by atoms with E-state index in [4.69, 9.17) is 11.6 Å². The monoisotopic (exact) mass is 352 g/mol. The van der Waals surface area contributed by atoms with E-state index in [0.29, 0.717) is 10.7 Å². The molecule has 124 valence electrons. The fourth-order valence-corrected chi connectivity index (χ4v) is 3.47. The smallest absolute Gasteiger partial charge is 0.261 e. The van der Waals surface area contributed by atoms with Gasteiger partial charge in [-0.2, -0.15) is 0 Å². The molecule has 2 N–H and O–H groups in total. The van der Waals surface area contributed by atoms with Crippen LogP contribution in [0.5, 0.6) is 0 Å². The zero-order valence-electron chi connectivity index (χ0n) is 13.0. The van der Waals surface area contributed by atoms with Crippen LogP contribution in [-0.2, 0) is 10.0 Å². The summed E-state index contributed by atoms with van der Waals surface area (Å²) in [5.74, 6) is 0. The fourth-order valence-electron chi connectivity index (χ4n) is 2.11. The van der Waals surface area contributed by atoms with Crippen molar-refractivity contribution in [2.45, 2.75) is 31.1 Å². The molecule has 6 heteroatoms. The fraction of sp³-hybridized carbons (Fsp3) is 0.294. The molecule has 0 aliphatic heterocycles. The highest BCUT2D eigenvalue weighted by Crippen LogP contribution is 2.20. The molecule has 0 fully saturated rings. The Morgan fingerprint density at radius 2 is 1.70 bits per heavy atom. The Balaban J connectivity index is 2.00. The van der Waals surface area contributed by atoms with E-state index in [0.717, 1.165) is 18.7 Å². The van der Waals surface area contributed by atoms with E-state index in [1.807, 2.05) is 12.1 Å². The molecule has 0 aromatic heterocycles. The number of hydrogen-bond donors (Lipinski definition) is 2. The predicted octanol–water partition coefficient (Wildman–Crippen LogP) is 4.74. The number of anilines is 2. The summed E-state index contributed by atoms with van der Waals surface area (Å²) in [7, 11) is -3.63. The Bertz CT molecular complexity index is 731. The third kappa shape index (κ3) is 5.44. The first kappa shape index (κ1) is 17.6. The molecule has 2 rings (SSSR count). The number of sulfonamides is 1. The molecular formula is C17H21ClN2O2S. The molecule has 0 saturated heterocycles. The lowest BCUT2D eigenvalue weighted by Gasteiger charge is -2.10. The number of halogens is 1. The summed E-state index contributed by atoms with van der Waals surface area (Å²) in [6, 6.07) is 13.4. The minimum absolute atomic E-state index is 0.145. The first-order valence-electron chi connectivity index (χ1n) is 7.63. The molecule has 4 nitrogen and oxygen atoms in total. The van der Waals surface area contributed by atoms with Gasteiger partial charge in [0.05, 0.1) is 4.90 Å². The average molecular weight is 353 g/mol. The van der Waals surface area contributed by atoms with Crippen molar-refractivity contribution in [2.24, 2.45) is 0 Å². The van der Waals surface area contributed by atoms with Crippen LogP contribution in [0.2, 0.25) is 5.02 Å². The Hall–Kier alpha value is -1.72. The largest absolute Gasteiger partial charge is 0.385 e. The number of hydrogen-bond acceptors (Lipinski definition) is 3. The van der Waals surface area contributed by atoms with Crippen LogP contribution < -0.4 is 10.0 Å². The Labute approximate surface area is 142 Å². The molecule has 0 radical (unpaired) electrons. The second kappa shape index (κ2) is 8.22. The van der Waals surface area contributed by atoms with Gasteiger partial charge in [0.25, 0.3) is 10.0 Å². The Kier molecular flexibility index (Phi) is 6.30. The SMILES string of the molecule is CCCCCNc1ccc(NS(=O)(=O)c2cccc(Cl)c2)cc1. The molecule has 2 aromatic rings. The van der Waals surface area contributed by atoms with Crippen molar-refractivity contribution >= 4 is 33.0 Å². The van der Waals surface area contributed by atoms with Gasteiger partial charge in [0.15, 0.2) is 0 Å². The van der Waals surface area contributed by atoms with Gasteiger partial charge in [-0.15, -0.1) is 0 Å². The normalized spacial score (nSPS) is 11.2. The topological polar surface area (TPSA) is 58.2 Å².